The minimum absolute atomic E-state index is 0.0622. The molecule has 2 heterocycles. The highest BCUT2D eigenvalue weighted by molar-refractivity contribution is 5.97. The number of carbonyl (C=O) groups excluding carboxylic acids is 1. The van der Waals surface area contributed by atoms with E-state index in [9.17, 15) is 9.59 Å². The minimum Gasteiger partial charge on any atom is -0.481 e. The van der Waals surface area contributed by atoms with E-state index in [0.29, 0.717) is 24.2 Å². The molecule has 0 spiro atoms. The summed E-state index contributed by atoms with van der Waals surface area (Å²) < 4.78 is 11.0. The van der Waals surface area contributed by atoms with E-state index in [4.69, 9.17) is 14.3 Å². The molecule has 2 rings (SSSR count). The molecule has 6 nitrogen and oxygen atoms in total. The molecular weight excluding hydrogens is 274 g/mol. The maximum Gasteiger partial charge on any atom is 0.311 e. The molecule has 0 aliphatic carbocycles. The van der Waals surface area contributed by atoms with E-state index >= 15 is 0 Å². The van der Waals surface area contributed by atoms with E-state index in [2.05, 4.69) is 0 Å². The van der Waals surface area contributed by atoms with Gasteiger partial charge in [-0.25, -0.2) is 0 Å². The lowest BCUT2D eigenvalue weighted by Crippen LogP contribution is -2.54. The lowest BCUT2D eigenvalue weighted by molar-refractivity contribution is -0.136. The van der Waals surface area contributed by atoms with E-state index in [1.165, 1.54) is 6.26 Å². The summed E-state index contributed by atoms with van der Waals surface area (Å²) in [5.74, 6) is -1.00. The van der Waals surface area contributed by atoms with Gasteiger partial charge in [0.2, 0.25) is 0 Å². The molecule has 1 aliphatic rings. The number of aliphatic carboxylic acids is 1. The molecule has 1 N–H and O–H groups in total. The summed E-state index contributed by atoms with van der Waals surface area (Å²) in [4.78, 5) is 25.3. The van der Waals surface area contributed by atoms with Gasteiger partial charge in [-0.3, -0.25) is 9.59 Å². The molecule has 0 bridgehead atoms. The van der Waals surface area contributed by atoms with Crippen molar-refractivity contribution in [2.75, 3.05) is 13.1 Å². The fourth-order valence-electron chi connectivity index (χ4n) is 2.82. The molecule has 1 fully saturated rings. The summed E-state index contributed by atoms with van der Waals surface area (Å²) in [6, 6.07) is 0. The molecule has 0 aromatic carbocycles. The van der Waals surface area contributed by atoms with Crippen molar-refractivity contribution < 1.29 is 23.8 Å². The molecular formula is C15H21NO5. The van der Waals surface area contributed by atoms with Crippen molar-refractivity contribution in [3.05, 3.63) is 23.2 Å². The maximum atomic E-state index is 12.7. The molecule has 1 unspecified atom stereocenters. The molecule has 1 aromatic rings. The number of rotatable bonds is 3. The summed E-state index contributed by atoms with van der Waals surface area (Å²) in [6.45, 7) is 8.48. The van der Waals surface area contributed by atoms with Gasteiger partial charge in [-0.15, -0.1) is 0 Å². The zero-order valence-corrected chi connectivity index (χ0v) is 12.8. The molecule has 0 saturated carbocycles. The second-order valence-electron chi connectivity index (χ2n) is 6.16. The van der Waals surface area contributed by atoms with Crippen molar-refractivity contribution in [1.82, 2.24) is 4.90 Å². The van der Waals surface area contributed by atoms with Crippen molar-refractivity contribution in [3.8, 4) is 0 Å². The van der Waals surface area contributed by atoms with Crippen LogP contribution in [0.3, 0.4) is 0 Å². The molecule has 116 valence electrons. The molecule has 6 heteroatoms. The van der Waals surface area contributed by atoms with Crippen LogP contribution in [0.1, 0.15) is 42.5 Å². The number of hydrogen-bond acceptors (Lipinski definition) is 4. The first-order valence-corrected chi connectivity index (χ1v) is 6.95. The largest absolute Gasteiger partial charge is 0.481 e. The summed E-state index contributed by atoms with van der Waals surface area (Å²) in [5.41, 5.74) is 0.605. The predicted molar refractivity (Wildman–Crippen MR) is 75.3 cm³/mol. The van der Waals surface area contributed by atoms with Crippen LogP contribution in [0.2, 0.25) is 0 Å². The number of carboxylic acid groups (broad SMARTS) is 1. The van der Waals surface area contributed by atoms with Gasteiger partial charge in [0.25, 0.3) is 5.91 Å². The number of nitrogens with zero attached hydrogens (tertiary/aromatic N) is 1. The van der Waals surface area contributed by atoms with Crippen LogP contribution < -0.4 is 0 Å². The van der Waals surface area contributed by atoms with Gasteiger partial charge in [-0.1, -0.05) is 0 Å². The van der Waals surface area contributed by atoms with Gasteiger partial charge in [0.05, 0.1) is 23.5 Å². The van der Waals surface area contributed by atoms with Crippen LogP contribution in [-0.4, -0.2) is 46.7 Å². The second kappa shape index (κ2) is 5.52. The molecule has 21 heavy (non-hydrogen) atoms. The average molecular weight is 295 g/mol. The number of ether oxygens (including phenoxy) is 1. The Labute approximate surface area is 123 Å². The highest BCUT2D eigenvalue weighted by atomic mass is 16.5. The van der Waals surface area contributed by atoms with Crippen molar-refractivity contribution >= 4 is 11.9 Å². The Kier molecular flexibility index (Phi) is 4.09. The molecule has 0 radical (unpaired) electrons. The van der Waals surface area contributed by atoms with Gasteiger partial charge >= 0.3 is 5.97 Å². The van der Waals surface area contributed by atoms with Crippen LogP contribution in [-0.2, 0) is 16.0 Å². The average Bonchev–Trinajstić information content (AvgIpc) is 2.66. The first-order chi connectivity index (χ1) is 9.69. The topological polar surface area (TPSA) is 80.0 Å². The number of hydrogen-bond donors (Lipinski definition) is 1. The number of furan rings is 1. The van der Waals surface area contributed by atoms with Crippen LogP contribution in [0.5, 0.6) is 0 Å². The number of carboxylic acids is 1. The fourth-order valence-corrected chi connectivity index (χ4v) is 2.82. The zero-order valence-electron chi connectivity index (χ0n) is 12.8. The standard InChI is InChI=1S/C15H21NO5/c1-9-7-20-11(5-12(17)18)13(9)14(19)16-6-10(2)21-15(3,4)8-16/h7,10H,5-6,8H2,1-4H3,(H,17,18). The van der Waals surface area contributed by atoms with Gasteiger partial charge in [-0.2, -0.15) is 0 Å². The zero-order chi connectivity index (χ0) is 15.8. The monoisotopic (exact) mass is 295 g/mol. The SMILES string of the molecule is Cc1coc(CC(=O)O)c1C(=O)N1CC(C)OC(C)(C)C1. The number of morpholine rings is 1. The van der Waals surface area contributed by atoms with E-state index in [1.54, 1.807) is 11.8 Å². The Morgan fingerprint density at radius 1 is 1.48 bits per heavy atom. The quantitative estimate of drug-likeness (QED) is 0.920. The Bertz CT molecular complexity index is 560. The number of carbonyl (C=O) groups is 2. The summed E-state index contributed by atoms with van der Waals surface area (Å²) in [7, 11) is 0. The Morgan fingerprint density at radius 3 is 2.71 bits per heavy atom. The third kappa shape index (κ3) is 3.44. The first kappa shape index (κ1) is 15.6. The minimum atomic E-state index is -1.02. The molecule has 1 atom stereocenters. The van der Waals surface area contributed by atoms with Gasteiger partial charge in [0, 0.05) is 18.7 Å². The summed E-state index contributed by atoms with van der Waals surface area (Å²) in [6.07, 6.45) is 1.08. The van der Waals surface area contributed by atoms with Crippen LogP contribution in [0.4, 0.5) is 0 Å². The Morgan fingerprint density at radius 2 is 2.14 bits per heavy atom. The summed E-state index contributed by atoms with van der Waals surface area (Å²) >= 11 is 0. The molecule has 1 saturated heterocycles. The maximum absolute atomic E-state index is 12.7. The lowest BCUT2D eigenvalue weighted by atomic mass is 10.0. The first-order valence-electron chi connectivity index (χ1n) is 6.95. The smallest absolute Gasteiger partial charge is 0.311 e. The van der Waals surface area contributed by atoms with Crippen molar-refractivity contribution in [2.45, 2.75) is 45.8 Å². The Balaban J connectivity index is 2.27. The predicted octanol–water partition coefficient (Wildman–Crippen LogP) is 1.85. The van der Waals surface area contributed by atoms with E-state index in [1.807, 2.05) is 20.8 Å². The Hall–Kier alpha value is -1.82. The second-order valence-corrected chi connectivity index (χ2v) is 6.16. The molecule has 1 aliphatic heterocycles. The van der Waals surface area contributed by atoms with Crippen LogP contribution in [0.15, 0.2) is 10.7 Å². The molecule has 1 aromatic heterocycles. The van der Waals surface area contributed by atoms with E-state index < -0.39 is 11.6 Å². The highest BCUT2D eigenvalue weighted by Gasteiger charge is 2.35. The van der Waals surface area contributed by atoms with E-state index in [-0.39, 0.29) is 24.2 Å². The highest BCUT2D eigenvalue weighted by Crippen LogP contribution is 2.25. The van der Waals surface area contributed by atoms with Gasteiger partial charge in [0.1, 0.15) is 12.2 Å². The molecule has 1 amide bonds. The van der Waals surface area contributed by atoms with Crippen molar-refractivity contribution in [2.24, 2.45) is 0 Å². The lowest BCUT2D eigenvalue weighted by Gasteiger charge is -2.41. The van der Waals surface area contributed by atoms with Crippen molar-refractivity contribution in [3.63, 3.8) is 0 Å². The van der Waals surface area contributed by atoms with Crippen LogP contribution >= 0.6 is 0 Å². The number of aryl methyl sites for hydroxylation is 1. The fraction of sp³-hybridized carbons (Fsp3) is 0.600. The van der Waals surface area contributed by atoms with Crippen LogP contribution in [0.25, 0.3) is 0 Å². The van der Waals surface area contributed by atoms with Gasteiger partial charge in [-0.05, 0) is 27.7 Å². The third-order valence-corrected chi connectivity index (χ3v) is 3.43. The third-order valence-electron chi connectivity index (χ3n) is 3.43. The van der Waals surface area contributed by atoms with Crippen molar-refractivity contribution in [1.29, 1.82) is 0 Å². The van der Waals surface area contributed by atoms with E-state index in [0.717, 1.165) is 0 Å². The van der Waals surface area contributed by atoms with Crippen LogP contribution in [0, 0.1) is 6.92 Å². The van der Waals surface area contributed by atoms with Gasteiger partial charge < -0.3 is 19.2 Å². The summed E-state index contributed by atoms with van der Waals surface area (Å²) in [5, 5.41) is 8.91. The number of amides is 1. The van der Waals surface area contributed by atoms with Gasteiger partial charge in [0.15, 0.2) is 0 Å². The normalized spacial score (nSPS) is 21.3.